The Balaban J connectivity index is 1.44. The molecule has 2 atom stereocenters. The van der Waals surface area contributed by atoms with Crippen molar-refractivity contribution in [2.45, 2.75) is 38.4 Å². The highest BCUT2D eigenvalue weighted by Gasteiger charge is 2.23. The molecule has 0 radical (unpaired) electrons. The fourth-order valence-corrected chi connectivity index (χ4v) is 2.91. The van der Waals surface area contributed by atoms with Crippen LogP contribution >= 0.6 is 0 Å². The average molecular weight is 310 g/mol. The predicted molar refractivity (Wildman–Crippen MR) is 83.4 cm³/mol. The van der Waals surface area contributed by atoms with Crippen LogP contribution in [0.25, 0.3) is 11.5 Å². The summed E-state index contributed by atoms with van der Waals surface area (Å²) in [5.41, 5.74) is 0.934. The molecule has 0 unspecified atom stereocenters. The van der Waals surface area contributed by atoms with Crippen molar-refractivity contribution in [3.63, 3.8) is 0 Å². The highest BCUT2D eigenvalue weighted by atomic mass is 16.4. The molecule has 0 fully saturated rings. The maximum absolute atomic E-state index is 5.81. The zero-order valence-corrected chi connectivity index (χ0v) is 12.9. The minimum Gasteiger partial charge on any atom is -0.419 e. The van der Waals surface area contributed by atoms with E-state index in [0.717, 1.165) is 30.8 Å². The molecule has 1 aliphatic heterocycles. The molecule has 0 bridgehead atoms. The van der Waals surface area contributed by atoms with Crippen LogP contribution < -0.4 is 5.32 Å². The molecule has 0 saturated carbocycles. The topological polar surface area (TPSA) is 81.7 Å². The maximum Gasteiger partial charge on any atom is 0.247 e. The second-order valence-electron chi connectivity index (χ2n) is 5.79. The van der Waals surface area contributed by atoms with E-state index in [4.69, 9.17) is 4.42 Å². The lowest BCUT2D eigenvalue weighted by Crippen LogP contribution is -2.39. The fourth-order valence-electron chi connectivity index (χ4n) is 2.91. The molecular formula is C16H18N6O. The van der Waals surface area contributed by atoms with Crippen LogP contribution in [0, 0.1) is 0 Å². The van der Waals surface area contributed by atoms with Crippen molar-refractivity contribution in [2.24, 2.45) is 0 Å². The third-order valence-electron chi connectivity index (χ3n) is 4.12. The summed E-state index contributed by atoms with van der Waals surface area (Å²) < 4.78 is 7.76. The zero-order valence-electron chi connectivity index (χ0n) is 12.9. The standard InChI is InChI=1S/C16H18N6O/c1-11(19-13-7-8-14-17-10-18-22(14)9-13)15-20-21-16(23-15)12-5-3-2-4-6-12/h2-6,10-11,13,19H,7-9H2,1H3/t11-,13-/m1/s1. The van der Waals surface area contributed by atoms with E-state index in [1.54, 1.807) is 6.33 Å². The molecule has 4 rings (SSSR count). The van der Waals surface area contributed by atoms with Gasteiger partial charge in [-0.15, -0.1) is 10.2 Å². The first-order valence-corrected chi connectivity index (χ1v) is 7.81. The normalized spacial score (nSPS) is 18.6. The Labute approximate surface area is 133 Å². The number of rotatable bonds is 4. The van der Waals surface area contributed by atoms with Crippen LogP contribution in [0.2, 0.25) is 0 Å². The molecule has 3 aromatic rings. The summed E-state index contributed by atoms with van der Waals surface area (Å²) in [5, 5.41) is 16.1. The van der Waals surface area contributed by atoms with E-state index in [-0.39, 0.29) is 6.04 Å². The van der Waals surface area contributed by atoms with Crippen LogP contribution in [0.1, 0.15) is 31.1 Å². The lowest BCUT2D eigenvalue weighted by molar-refractivity contribution is 0.310. The second-order valence-corrected chi connectivity index (χ2v) is 5.79. The molecule has 2 aromatic heterocycles. The number of nitrogens with zero attached hydrogens (tertiary/aromatic N) is 5. The molecule has 1 aliphatic rings. The maximum atomic E-state index is 5.81. The van der Waals surface area contributed by atoms with Crippen LogP contribution in [0.5, 0.6) is 0 Å². The Morgan fingerprint density at radius 1 is 1.26 bits per heavy atom. The van der Waals surface area contributed by atoms with Gasteiger partial charge < -0.3 is 9.73 Å². The fraction of sp³-hybridized carbons (Fsp3) is 0.375. The monoisotopic (exact) mass is 310 g/mol. The van der Waals surface area contributed by atoms with Gasteiger partial charge in [-0.3, -0.25) is 0 Å². The molecule has 0 spiro atoms. The highest BCUT2D eigenvalue weighted by Crippen LogP contribution is 2.21. The zero-order chi connectivity index (χ0) is 15.6. The van der Waals surface area contributed by atoms with E-state index in [1.807, 2.05) is 41.9 Å². The van der Waals surface area contributed by atoms with Crippen molar-refractivity contribution >= 4 is 0 Å². The Bertz CT molecular complexity index is 781. The van der Waals surface area contributed by atoms with Crippen molar-refractivity contribution < 1.29 is 4.42 Å². The SMILES string of the molecule is C[C@@H](N[C@@H]1CCc2ncnn2C1)c1nnc(-c2ccccc2)o1. The summed E-state index contributed by atoms with van der Waals surface area (Å²) in [6.07, 6.45) is 3.58. The summed E-state index contributed by atoms with van der Waals surface area (Å²) in [6, 6.07) is 10.1. The van der Waals surface area contributed by atoms with E-state index >= 15 is 0 Å². The lowest BCUT2D eigenvalue weighted by Gasteiger charge is -2.25. The minimum absolute atomic E-state index is 0.00460. The van der Waals surface area contributed by atoms with Crippen molar-refractivity contribution in [1.29, 1.82) is 0 Å². The molecule has 7 heteroatoms. The van der Waals surface area contributed by atoms with Gasteiger partial charge in [0.2, 0.25) is 11.8 Å². The van der Waals surface area contributed by atoms with Gasteiger partial charge in [-0.05, 0) is 25.5 Å². The van der Waals surface area contributed by atoms with Gasteiger partial charge in [0.25, 0.3) is 0 Å². The van der Waals surface area contributed by atoms with Crippen molar-refractivity contribution in [2.75, 3.05) is 0 Å². The van der Waals surface area contributed by atoms with Gasteiger partial charge in [-0.1, -0.05) is 18.2 Å². The number of nitrogens with one attached hydrogen (secondary N) is 1. The van der Waals surface area contributed by atoms with E-state index in [2.05, 4.69) is 25.6 Å². The van der Waals surface area contributed by atoms with Gasteiger partial charge in [0.1, 0.15) is 12.2 Å². The number of benzene rings is 1. The largest absolute Gasteiger partial charge is 0.419 e. The van der Waals surface area contributed by atoms with Gasteiger partial charge in [-0.2, -0.15) is 5.10 Å². The number of fused-ring (bicyclic) bond motifs is 1. The Kier molecular flexibility index (Phi) is 3.63. The molecular weight excluding hydrogens is 292 g/mol. The van der Waals surface area contributed by atoms with Crippen LogP contribution in [0.15, 0.2) is 41.1 Å². The molecule has 118 valence electrons. The summed E-state index contributed by atoms with van der Waals surface area (Å²) in [6.45, 7) is 2.86. The van der Waals surface area contributed by atoms with Crippen LogP contribution in [-0.4, -0.2) is 31.0 Å². The molecule has 0 aliphatic carbocycles. The summed E-state index contributed by atoms with van der Waals surface area (Å²) >= 11 is 0. The van der Waals surface area contributed by atoms with Crippen LogP contribution in [0.3, 0.4) is 0 Å². The smallest absolute Gasteiger partial charge is 0.247 e. The Hall–Kier alpha value is -2.54. The second kappa shape index (κ2) is 5.92. The number of hydrogen-bond acceptors (Lipinski definition) is 6. The van der Waals surface area contributed by atoms with E-state index in [1.165, 1.54) is 0 Å². The van der Waals surface area contributed by atoms with Gasteiger partial charge in [-0.25, -0.2) is 9.67 Å². The van der Waals surface area contributed by atoms with E-state index in [9.17, 15) is 0 Å². The number of hydrogen-bond donors (Lipinski definition) is 1. The average Bonchev–Trinajstić information content (AvgIpc) is 3.24. The van der Waals surface area contributed by atoms with Crippen LogP contribution in [0.4, 0.5) is 0 Å². The summed E-state index contributed by atoms with van der Waals surface area (Å²) in [4.78, 5) is 4.25. The first-order valence-electron chi connectivity index (χ1n) is 7.81. The molecule has 0 amide bonds. The van der Waals surface area contributed by atoms with Crippen molar-refractivity contribution in [3.05, 3.63) is 48.4 Å². The van der Waals surface area contributed by atoms with Gasteiger partial charge in [0, 0.05) is 18.0 Å². The molecule has 3 heterocycles. The number of aromatic nitrogens is 5. The lowest BCUT2D eigenvalue weighted by atomic mass is 10.1. The predicted octanol–water partition coefficient (Wildman–Crippen LogP) is 1.99. The molecule has 0 saturated heterocycles. The Morgan fingerprint density at radius 2 is 2.13 bits per heavy atom. The van der Waals surface area contributed by atoms with Crippen molar-refractivity contribution in [3.8, 4) is 11.5 Å². The first kappa shape index (κ1) is 14.1. The molecule has 1 N–H and O–H groups in total. The summed E-state index contributed by atoms with van der Waals surface area (Å²) in [5.74, 6) is 2.21. The van der Waals surface area contributed by atoms with Gasteiger partial charge in [0.05, 0.1) is 12.6 Å². The number of aryl methyl sites for hydroxylation is 1. The molecule has 7 nitrogen and oxygen atoms in total. The molecule has 23 heavy (non-hydrogen) atoms. The minimum atomic E-state index is -0.00460. The van der Waals surface area contributed by atoms with Gasteiger partial charge >= 0.3 is 0 Å². The third-order valence-corrected chi connectivity index (χ3v) is 4.12. The van der Waals surface area contributed by atoms with E-state index in [0.29, 0.717) is 17.8 Å². The first-order chi connectivity index (χ1) is 11.3. The third kappa shape index (κ3) is 2.87. The summed E-state index contributed by atoms with van der Waals surface area (Å²) in [7, 11) is 0. The van der Waals surface area contributed by atoms with Crippen molar-refractivity contribution in [1.82, 2.24) is 30.3 Å². The Morgan fingerprint density at radius 3 is 3.00 bits per heavy atom. The van der Waals surface area contributed by atoms with Gasteiger partial charge in [0.15, 0.2) is 0 Å². The highest BCUT2D eigenvalue weighted by molar-refractivity contribution is 5.51. The molecule has 1 aromatic carbocycles. The van der Waals surface area contributed by atoms with Crippen LogP contribution in [-0.2, 0) is 13.0 Å². The van der Waals surface area contributed by atoms with E-state index < -0.39 is 0 Å². The quantitative estimate of drug-likeness (QED) is 0.793.